The molecule has 4 rings (SSSR count). The van der Waals surface area contributed by atoms with Gasteiger partial charge in [-0.3, -0.25) is 0 Å². The van der Waals surface area contributed by atoms with Gasteiger partial charge < -0.3 is 4.90 Å². The van der Waals surface area contributed by atoms with E-state index in [2.05, 4.69) is 84.6 Å². The van der Waals surface area contributed by atoms with Crippen molar-refractivity contribution in [2.24, 2.45) is 0 Å². The molecule has 0 bridgehead atoms. The van der Waals surface area contributed by atoms with Gasteiger partial charge in [-0.15, -0.1) is 0 Å². The minimum Gasteiger partial charge on any atom is -0.310 e. The molecular formula is C20H17N. The fourth-order valence-corrected chi connectivity index (χ4v) is 3.14. The van der Waals surface area contributed by atoms with Gasteiger partial charge in [0, 0.05) is 23.5 Å². The van der Waals surface area contributed by atoms with Crippen LogP contribution in [0.15, 0.2) is 72.8 Å². The van der Waals surface area contributed by atoms with Crippen molar-refractivity contribution in [3.05, 3.63) is 89.5 Å². The van der Waals surface area contributed by atoms with Crippen LogP contribution in [-0.4, -0.2) is 0 Å². The molecule has 0 amide bonds. The van der Waals surface area contributed by atoms with Gasteiger partial charge in [0.25, 0.3) is 0 Å². The maximum atomic E-state index is 2.38. The van der Waals surface area contributed by atoms with Crippen LogP contribution >= 0.6 is 0 Å². The van der Waals surface area contributed by atoms with Gasteiger partial charge in [0.1, 0.15) is 0 Å². The zero-order valence-electron chi connectivity index (χ0n) is 12.1. The van der Waals surface area contributed by atoms with Crippen LogP contribution in [0.4, 0.5) is 17.1 Å². The zero-order valence-corrected chi connectivity index (χ0v) is 12.1. The summed E-state index contributed by atoms with van der Waals surface area (Å²) in [6.45, 7) is 2.14. The average molecular weight is 271 g/mol. The average Bonchev–Trinajstić information content (AvgIpc) is 2.52. The third-order valence-corrected chi connectivity index (χ3v) is 4.11. The van der Waals surface area contributed by atoms with E-state index < -0.39 is 0 Å². The highest BCUT2D eigenvalue weighted by Gasteiger charge is 2.23. The molecule has 0 atom stereocenters. The minimum absolute atomic E-state index is 1.01. The number of benzene rings is 3. The van der Waals surface area contributed by atoms with Gasteiger partial charge in [0.2, 0.25) is 0 Å². The van der Waals surface area contributed by atoms with Crippen molar-refractivity contribution in [2.45, 2.75) is 13.3 Å². The molecule has 0 saturated heterocycles. The Hall–Kier alpha value is -2.54. The molecule has 1 heteroatoms. The van der Waals surface area contributed by atoms with Gasteiger partial charge in [-0.1, -0.05) is 48.5 Å². The van der Waals surface area contributed by atoms with Crippen molar-refractivity contribution < 1.29 is 0 Å². The summed E-state index contributed by atoms with van der Waals surface area (Å²) in [5, 5.41) is 0. The highest BCUT2D eigenvalue weighted by Crippen LogP contribution is 2.43. The third kappa shape index (κ3) is 2.02. The van der Waals surface area contributed by atoms with Crippen LogP contribution in [0, 0.1) is 6.92 Å². The first-order valence-corrected chi connectivity index (χ1v) is 7.35. The second kappa shape index (κ2) is 4.78. The summed E-state index contributed by atoms with van der Waals surface area (Å²) >= 11 is 0. The summed E-state index contributed by atoms with van der Waals surface area (Å²) < 4.78 is 0. The molecule has 0 aliphatic carbocycles. The second-order valence-corrected chi connectivity index (χ2v) is 5.61. The van der Waals surface area contributed by atoms with E-state index in [0.717, 1.165) is 6.42 Å². The largest absolute Gasteiger partial charge is 0.310 e. The van der Waals surface area contributed by atoms with E-state index in [1.807, 2.05) is 0 Å². The number of hydrogen-bond donors (Lipinski definition) is 0. The lowest BCUT2D eigenvalue weighted by Crippen LogP contribution is -2.18. The van der Waals surface area contributed by atoms with Crippen LogP contribution in [-0.2, 0) is 6.42 Å². The number of aryl methyl sites for hydroxylation is 1. The first-order chi connectivity index (χ1) is 10.3. The van der Waals surface area contributed by atoms with Crippen LogP contribution in [0.3, 0.4) is 0 Å². The monoisotopic (exact) mass is 271 g/mol. The van der Waals surface area contributed by atoms with E-state index in [4.69, 9.17) is 0 Å². The molecule has 1 aliphatic rings. The summed E-state index contributed by atoms with van der Waals surface area (Å²) in [5.74, 6) is 0. The zero-order chi connectivity index (χ0) is 14.2. The van der Waals surface area contributed by atoms with Gasteiger partial charge in [-0.25, -0.2) is 0 Å². The molecule has 1 nitrogen and oxygen atoms in total. The summed E-state index contributed by atoms with van der Waals surface area (Å²) in [6.07, 6.45) is 1.01. The quantitative estimate of drug-likeness (QED) is 0.450. The van der Waals surface area contributed by atoms with Gasteiger partial charge in [0.05, 0.1) is 0 Å². The summed E-state index contributed by atoms with van der Waals surface area (Å²) in [5.41, 5.74) is 7.88. The Morgan fingerprint density at radius 2 is 1.33 bits per heavy atom. The van der Waals surface area contributed by atoms with E-state index in [1.54, 1.807) is 0 Å². The molecule has 3 aromatic carbocycles. The molecule has 3 aromatic rings. The molecule has 0 unspecified atom stereocenters. The van der Waals surface area contributed by atoms with Crippen molar-refractivity contribution in [3.63, 3.8) is 0 Å². The molecule has 1 aliphatic heterocycles. The Bertz CT molecular complexity index is 759. The molecule has 0 spiro atoms. The van der Waals surface area contributed by atoms with Gasteiger partial charge in [-0.05, 0) is 47.9 Å². The fraction of sp³-hybridized carbons (Fsp3) is 0.100. The lowest BCUT2D eigenvalue weighted by molar-refractivity contribution is 1.09. The first-order valence-electron chi connectivity index (χ1n) is 7.35. The first kappa shape index (κ1) is 12.2. The normalized spacial score (nSPS) is 12.7. The lowest BCUT2D eigenvalue weighted by Gasteiger charge is -2.33. The van der Waals surface area contributed by atoms with E-state index in [0.29, 0.717) is 0 Å². The van der Waals surface area contributed by atoms with Gasteiger partial charge in [-0.2, -0.15) is 0 Å². The molecule has 0 N–H and O–H groups in total. The van der Waals surface area contributed by atoms with Crippen molar-refractivity contribution >= 4 is 17.1 Å². The lowest BCUT2D eigenvalue weighted by atomic mass is 9.95. The number of rotatable bonds is 1. The van der Waals surface area contributed by atoms with Crippen LogP contribution in [0.25, 0.3) is 0 Å². The molecule has 102 valence electrons. The molecule has 0 aromatic heterocycles. The van der Waals surface area contributed by atoms with Crippen LogP contribution in [0.2, 0.25) is 0 Å². The van der Waals surface area contributed by atoms with Crippen LogP contribution in [0.1, 0.15) is 16.7 Å². The topological polar surface area (TPSA) is 3.24 Å². The van der Waals surface area contributed by atoms with Gasteiger partial charge >= 0.3 is 0 Å². The molecule has 0 saturated carbocycles. The molecule has 1 heterocycles. The van der Waals surface area contributed by atoms with E-state index in [9.17, 15) is 0 Å². The summed E-state index contributed by atoms with van der Waals surface area (Å²) in [7, 11) is 0. The number of para-hydroxylation sites is 2. The second-order valence-electron chi connectivity index (χ2n) is 5.61. The van der Waals surface area contributed by atoms with Crippen molar-refractivity contribution in [2.75, 3.05) is 4.90 Å². The Kier molecular flexibility index (Phi) is 2.78. The van der Waals surface area contributed by atoms with Crippen molar-refractivity contribution in [3.8, 4) is 0 Å². The fourth-order valence-electron chi connectivity index (χ4n) is 3.14. The maximum Gasteiger partial charge on any atom is 0.0497 e. The highest BCUT2D eigenvalue weighted by molar-refractivity contribution is 5.83. The van der Waals surface area contributed by atoms with Crippen LogP contribution < -0.4 is 4.90 Å². The van der Waals surface area contributed by atoms with Crippen molar-refractivity contribution in [1.29, 1.82) is 0 Å². The maximum absolute atomic E-state index is 2.38. The predicted octanol–water partition coefficient (Wildman–Crippen LogP) is 5.37. The van der Waals surface area contributed by atoms with Crippen LogP contribution in [0.5, 0.6) is 0 Å². The Morgan fingerprint density at radius 3 is 1.95 bits per heavy atom. The smallest absolute Gasteiger partial charge is 0.0497 e. The summed E-state index contributed by atoms with van der Waals surface area (Å²) in [6, 6.07) is 26.1. The molecule has 0 radical (unpaired) electrons. The third-order valence-electron chi connectivity index (χ3n) is 4.11. The minimum atomic E-state index is 1.01. The SMILES string of the molecule is Cc1cccc(N2c3ccccc3Cc3ccccc32)c1. The Labute approximate surface area is 125 Å². The van der Waals surface area contributed by atoms with E-state index >= 15 is 0 Å². The standard InChI is InChI=1S/C20H17N/c1-15-7-6-10-18(13-15)21-19-11-4-2-8-16(19)14-17-9-3-5-12-20(17)21/h2-13H,14H2,1H3. The predicted molar refractivity (Wildman–Crippen MR) is 88.7 cm³/mol. The highest BCUT2D eigenvalue weighted by atomic mass is 15.2. The van der Waals surface area contributed by atoms with E-state index in [-0.39, 0.29) is 0 Å². The Morgan fingerprint density at radius 1 is 0.714 bits per heavy atom. The van der Waals surface area contributed by atoms with Gasteiger partial charge in [0.15, 0.2) is 0 Å². The van der Waals surface area contributed by atoms with Crippen molar-refractivity contribution in [1.82, 2.24) is 0 Å². The molecule has 21 heavy (non-hydrogen) atoms. The summed E-state index contributed by atoms with van der Waals surface area (Å²) in [4.78, 5) is 2.38. The van der Waals surface area contributed by atoms with E-state index in [1.165, 1.54) is 33.8 Å². The number of anilines is 3. The Balaban J connectivity index is 1.97. The number of hydrogen-bond acceptors (Lipinski definition) is 1. The number of nitrogens with zero attached hydrogens (tertiary/aromatic N) is 1. The molecular weight excluding hydrogens is 254 g/mol. The number of fused-ring (bicyclic) bond motifs is 2. The molecule has 0 fully saturated rings.